The van der Waals surface area contributed by atoms with Crippen LogP contribution >= 0.6 is 0 Å². The number of ether oxygens (including phenoxy) is 1. The molecule has 0 bridgehead atoms. The van der Waals surface area contributed by atoms with Crippen molar-refractivity contribution in [1.82, 2.24) is 4.90 Å². The van der Waals surface area contributed by atoms with Crippen LogP contribution in [0.5, 0.6) is 0 Å². The summed E-state index contributed by atoms with van der Waals surface area (Å²) >= 11 is 0. The van der Waals surface area contributed by atoms with Gasteiger partial charge in [0.2, 0.25) is 0 Å². The lowest BCUT2D eigenvalue weighted by atomic mass is 9.60. The van der Waals surface area contributed by atoms with Gasteiger partial charge in [-0.2, -0.15) is 0 Å². The zero-order valence-corrected chi connectivity index (χ0v) is 17.5. The molecule has 1 amide bonds. The third-order valence-corrected chi connectivity index (χ3v) is 6.48. The molecule has 2 aliphatic heterocycles. The van der Waals surface area contributed by atoms with Gasteiger partial charge in [0.15, 0.2) is 0 Å². The van der Waals surface area contributed by atoms with Gasteiger partial charge in [-0.1, -0.05) is 6.08 Å². The van der Waals surface area contributed by atoms with E-state index in [-0.39, 0.29) is 29.8 Å². The lowest BCUT2D eigenvalue weighted by molar-refractivity contribution is 0.00578. The zero-order chi connectivity index (χ0) is 19.4. The molecule has 6 heteroatoms. The fourth-order valence-corrected chi connectivity index (χ4v) is 4.16. The molecule has 0 aromatic carbocycles. The van der Waals surface area contributed by atoms with Crippen molar-refractivity contribution in [3.63, 3.8) is 0 Å². The minimum Gasteiger partial charge on any atom is -0.444 e. The van der Waals surface area contributed by atoms with Crippen molar-refractivity contribution in [1.29, 1.82) is 0 Å². The van der Waals surface area contributed by atoms with Crippen LogP contribution in [0, 0.1) is 5.41 Å². The summed E-state index contributed by atoms with van der Waals surface area (Å²) in [6.07, 6.45) is 6.18. The molecule has 0 atom stereocenters. The summed E-state index contributed by atoms with van der Waals surface area (Å²) in [5.41, 5.74) is 0.298. The third kappa shape index (κ3) is 3.55. The van der Waals surface area contributed by atoms with Gasteiger partial charge in [-0.3, -0.25) is 0 Å². The fraction of sp³-hybridized carbons (Fsp3) is 0.850. The van der Waals surface area contributed by atoms with E-state index in [2.05, 4.69) is 33.8 Å². The van der Waals surface area contributed by atoms with Gasteiger partial charge in [0.25, 0.3) is 0 Å². The van der Waals surface area contributed by atoms with Crippen LogP contribution in [0.1, 0.15) is 74.1 Å². The molecule has 26 heavy (non-hydrogen) atoms. The second-order valence-corrected chi connectivity index (χ2v) is 10.0. The van der Waals surface area contributed by atoms with Gasteiger partial charge in [0, 0.05) is 13.1 Å². The van der Waals surface area contributed by atoms with Crippen molar-refractivity contribution >= 4 is 13.2 Å². The van der Waals surface area contributed by atoms with E-state index in [1.807, 2.05) is 25.7 Å². The van der Waals surface area contributed by atoms with Crippen LogP contribution in [0.4, 0.5) is 4.79 Å². The van der Waals surface area contributed by atoms with Crippen LogP contribution < -0.4 is 0 Å². The molecule has 1 spiro atoms. The lowest BCUT2D eigenvalue weighted by Crippen LogP contribution is -2.47. The molecule has 0 unspecified atom stereocenters. The van der Waals surface area contributed by atoms with Gasteiger partial charge in [0.05, 0.1) is 11.2 Å². The Bertz CT molecular complexity index is 581. The number of hydrogen-bond acceptors (Lipinski definition) is 4. The van der Waals surface area contributed by atoms with Crippen molar-refractivity contribution in [3.05, 3.63) is 11.5 Å². The number of piperidine rings is 1. The second-order valence-electron chi connectivity index (χ2n) is 10.0. The standard InChI is InChI=1S/C20H34BNO4/c1-17(2,3)24-16(23)22-13-11-20(12-14-22)10-8-9-15(20)21-25-18(4,5)19(6,7)26-21/h9H,8,10-14H2,1-7H3. The molecule has 5 nitrogen and oxygen atoms in total. The average Bonchev–Trinajstić information content (AvgIpc) is 2.96. The van der Waals surface area contributed by atoms with Gasteiger partial charge in [-0.05, 0) is 85.0 Å². The first-order valence-electron chi connectivity index (χ1n) is 9.89. The summed E-state index contributed by atoms with van der Waals surface area (Å²) in [4.78, 5) is 14.2. The van der Waals surface area contributed by atoms with E-state index in [4.69, 9.17) is 14.0 Å². The molecule has 1 aliphatic carbocycles. The Balaban J connectivity index is 1.67. The van der Waals surface area contributed by atoms with E-state index >= 15 is 0 Å². The predicted molar refractivity (Wildman–Crippen MR) is 103 cm³/mol. The first kappa shape index (κ1) is 19.7. The Morgan fingerprint density at radius 2 is 1.62 bits per heavy atom. The molecule has 0 radical (unpaired) electrons. The smallest absolute Gasteiger partial charge is 0.444 e. The maximum absolute atomic E-state index is 12.4. The number of hydrogen-bond donors (Lipinski definition) is 0. The van der Waals surface area contributed by atoms with Crippen molar-refractivity contribution < 1.29 is 18.8 Å². The van der Waals surface area contributed by atoms with Crippen molar-refractivity contribution in [3.8, 4) is 0 Å². The molecule has 2 heterocycles. The first-order valence-corrected chi connectivity index (χ1v) is 9.89. The Morgan fingerprint density at radius 1 is 1.08 bits per heavy atom. The molecule has 0 saturated carbocycles. The maximum atomic E-state index is 12.4. The second kappa shape index (κ2) is 6.27. The van der Waals surface area contributed by atoms with Crippen LogP contribution in [0.25, 0.3) is 0 Å². The number of carbonyl (C=O) groups is 1. The number of amides is 1. The maximum Gasteiger partial charge on any atom is 0.490 e. The van der Waals surface area contributed by atoms with E-state index in [1.165, 1.54) is 5.47 Å². The molecular weight excluding hydrogens is 329 g/mol. The molecule has 0 aromatic heterocycles. The summed E-state index contributed by atoms with van der Waals surface area (Å²) in [5.74, 6) is 0. The number of likely N-dealkylation sites (tertiary alicyclic amines) is 1. The summed E-state index contributed by atoms with van der Waals surface area (Å²) in [7, 11) is -0.268. The lowest BCUT2D eigenvalue weighted by Gasteiger charge is -2.42. The summed E-state index contributed by atoms with van der Waals surface area (Å²) < 4.78 is 18.2. The van der Waals surface area contributed by atoms with Crippen LogP contribution in [0.3, 0.4) is 0 Å². The monoisotopic (exact) mass is 363 g/mol. The van der Waals surface area contributed by atoms with Gasteiger partial charge in [-0.25, -0.2) is 4.79 Å². The van der Waals surface area contributed by atoms with Crippen molar-refractivity contribution in [2.24, 2.45) is 5.41 Å². The van der Waals surface area contributed by atoms with Gasteiger partial charge in [-0.15, -0.1) is 0 Å². The van der Waals surface area contributed by atoms with Crippen LogP contribution in [0.2, 0.25) is 0 Å². The number of carbonyl (C=O) groups excluding carboxylic acids is 1. The Morgan fingerprint density at radius 3 is 2.12 bits per heavy atom. The minimum atomic E-state index is -0.451. The normalized spacial score (nSPS) is 27.0. The average molecular weight is 363 g/mol. The zero-order valence-electron chi connectivity index (χ0n) is 17.5. The highest BCUT2D eigenvalue weighted by molar-refractivity contribution is 6.55. The quantitative estimate of drug-likeness (QED) is 0.650. The topological polar surface area (TPSA) is 48.0 Å². The minimum absolute atomic E-state index is 0.0969. The van der Waals surface area contributed by atoms with E-state index in [0.29, 0.717) is 0 Å². The number of rotatable bonds is 1. The van der Waals surface area contributed by atoms with Crippen LogP contribution in [0.15, 0.2) is 11.5 Å². The van der Waals surface area contributed by atoms with Gasteiger partial charge >= 0.3 is 13.2 Å². The highest BCUT2D eigenvalue weighted by Gasteiger charge is 2.57. The molecule has 0 aromatic rings. The van der Waals surface area contributed by atoms with E-state index in [9.17, 15) is 4.79 Å². The summed E-state index contributed by atoms with van der Waals surface area (Å²) in [6, 6.07) is 0. The molecule has 0 N–H and O–H groups in total. The molecule has 3 aliphatic rings. The van der Waals surface area contributed by atoms with Gasteiger partial charge in [0.1, 0.15) is 5.60 Å². The van der Waals surface area contributed by atoms with Crippen LogP contribution in [-0.4, -0.2) is 48.0 Å². The van der Waals surface area contributed by atoms with E-state index in [0.717, 1.165) is 38.8 Å². The summed E-state index contributed by atoms with van der Waals surface area (Å²) in [6.45, 7) is 15.6. The highest BCUT2D eigenvalue weighted by atomic mass is 16.7. The Hall–Kier alpha value is -1.01. The number of allylic oxidation sites excluding steroid dienone is 2. The molecule has 2 saturated heterocycles. The molecule has 146 valence electrons. The highest BCUT2D eigenvalue weighted by Crippen LogP contribution is 2.51. The van der Waals surface area contributed by atoms with Crippen molar-refractivity contribution in [2.75, 3.05) is 13.1 Å². The third-order valence-electron chi connectivity index (χ3n) is 6.48. The van der Waals surface area contributed by atoms with Crippen molar-refractivity contribution in [2.45, 2.75) is 91.0 Å². The fourth-order valence-electron chi connectivity index (χ4n) is 4.16. The molecular formula is C20H34BNO4. The van der Waals surface area contributed by atoms with E-state index in [1.54, 1.807) is 0 Å². The molecule has 2 fully saturated rings. The Labute approximate surface area is 158 Å². The van der Waals surface area contributed by atoms with Gasteiger partial charge < -0.3 is 18.9 Å². The van der Waals surface area contributed by atoms with Crippen LogP contribution in [-0.2, 0) is 14.0 Å². The van der Waals surface area contributed by atoms with E-state index < -0.39 is 5.60 Å². The largest absolute Gasteiger partial charge is 0.490 e. The SMILES string of the molecule is CC(C)(C)OC(=O)N1CCC2(CCC=C2B2OC(C)(C)C(C)(C)O2)CC1. The Kier molecular flexibility index (Phi) is 4.76. The number of nitrogens with zero attached hydrogens (tertiary/aromatic N) is 1. The summed E-state index contributed by atoms with van der Waals surface area (Å²) in [5, 5.41) is 0. The predicted octanol–water partition coefficient (Wildman–Crippen LogP) is 4.36. The molecule has 3 rings (SSSR count). The first-order chi connectivity index (χ1) is 11.9.